The second-order valence-corrected chi connectivity index (χ2v) is 5.37. The van der Waals surface area contributed by atoms with Crippen LogP contribution in [0.3, 0.4) is 0 Å². The lowest BCUT2D eigenvalue weighted by molar-refractivity contribution is 0.0986. The number of hydrogen-bond donors (Lipinski definition) is 0. The molecule has 0 aliphatic heterocycles. The average molecular weight is 270 g/mol. The van der Waals surface area contributed by atoms with E-state index in [0.29, 0.717) is 11.7 Å². The summed E-state index contributed by atoms with van der Waals surface area (Å²) in [5.41, 5.74) is 2.03. The molecule has 5 heteroatoms. The molecule has 5 nitrogen and oxygen atoms in total. The molecule has 1 saturated carbocycles. The molecule has 0 saturated heterocycles. The summed E-state index contributed by atoms with van der Waals surface area (Å²) in [5, 5.41) is 4.52. The maximum atomic E-state index is 12.1. The number of carbonyl (C=O) groups is 1. The molecular formula is C15H18N4O. The fourth-order valence-corrected chi connectivity index (χ4v) is 2.64. The highest BCUT2D eigenvalue weighted by Crippen LogP contribution is 2.28. The maximum absolute atomic E-state index is 12.1. The summed E-state index contributed by atoms with van der Waals surface area (Å²) in [7, 11) is 0. The van der Waals surface area contributed by atoms with E-state index in [2.05, 4.69) is 15.1 Å². The molecule has 0 N–H and O–H groups in total. The van der Waals surface area contributed by atoms with Gasteiger partial charge in [0.1, 0.15) is 5.69 Å². The average Bonchev–Trinajstić information content (AvgIpc) is 3.09. The summed E-state index contributed by atoms with van der Waals surface area (Å²) >= 11 is 0. The lowest BCUT2D eigenvalue weighted by atomic mass is 10.2. The van der Waals surface area contributed by atoms with Gasteiger partial charge in [-0.1, -0.05) is 12.8 Å². The number of aromatic nitrogens is 4. The highest BCUT2D eigenvalue weighted by molar-refractivity contribution is 5.95. The van der Waals surface area contributed by atoms with Gasteiger partial charge in [0.25, 0.3) is 0 Å². The minimum absolute atomic E-state index is 0.0332. The molecule has 104 valence electrons. The van der Waals surface area contributed by atoms with Crippen molar-refractivity contribution in [3.8, 4) is 0 Å². The van der Waals surface area contributed by atoms with Gasteiger partial charge in [-0.2, -0.15) is 5.10 Å². The molecule has 0 spiro atoms. The van der Waals surface area contributed by atoms with Crippen LogP contribution in [0.25, 0.3) is 0 Å². The summed E-state index contributed by atoms with van der Waals surface area (Å²) < 4.78 is 2.01. The van der Waals surface area contributed by atoms with Crippen LogP contribution in [-0.2, 0) is 6.42 Å². The van der Waals surface area contributed by atoms with E-state index in [0.717, 1.165) is 11.4 Å². The van der Waals surface area contributed by atoms with Crippen molar-refractivity contribution >= 4 is 5.78 Å². The highest BCUT2D eigenvalue weighted by atomic mass is 16.1. The first-order valence-electron chi connectivity index (χ1n) is 7.08. The lowest BCUT2D eigenvalue weighted by Gasteiger charge is -2.08. The molecule has 0 unspecified atom stereocenters. The molecule has 2 aromatic rings. The zero-order valence-corrected chi connectivity index (χ0v) is 11.6. The Bertz CT molecular complexity index is 597. The summed E-state index contributed by atoms with van der Waals surface area (Å²) in [6, 6.07) is 2.44. The minimum Gasteiger partial charge on any atom is -0.292 e. The highest BCUT2D eigenvalue weighted by Gasteiger charge is 2.18. The molecule has 1 fully saturated rings. The van der Waals surface area contributed by atoms with Crippen molar-refractivity contribution in [1.29, 1.82) is 0 Å². The Morgan fingerprint density at radius 1 is 1.30 bits per heavy atom. The summed E-state index contributed by atoms with van der Waals surface area (Å²) in [6.07, 6.45) is 10.4. The zero-order chi connectivity index (χ0) is 13.9. The first-order chi connectivity index (χ1) is 9.72. The monoisotopic (exact) mass is 270 g/mol. The van der Waals surface area contributed by atoms with Gasteiger partial charge in [0, 0.05) is 12.4 Å². The fourth-order valence-electron chi connectivity index (χ4n) is 2.64. The predicted molar refractivity (Wildman–Crippen MR) is 74.5 cm³/mol. The number of hydrogen-bond acceptors (Lipinski definition) is 4. The molecule has 1 aliphatic rings. The van der Waals surface area contributed by atoms with E-state index < -0.39 is 0 Å². The van der Waals surface area contributed by atoms with Crippen molar-refractivity contribution in [2.45, 2.75) is 45.1 Å². The van der Waals surface area contributed by atoms with Crippen LogP contribution >= 0.6 is 0 Å². The molecular weight excluding hydrogens is 252 g/mol. The number of Topliss-reactive ketones (excluding diaryl/α,β-unsaturated/α-hetero) is 1. The van der Waals surface area contributed by atoms with E-state index in [1.54, 1.807) is 6.20 Å². The minimum atomic E-state index is -0.0332. The third-order valence-electron chi connectivity index (χ3n) is 3.77. The topological polar surface area (TPSA) is 60.7 Å². The first-order valence-corrected chi connectivity index (χ1v) is 7.08. The molecule has 3 rings (SSSR count). The van der Waals surface area contributed by atoms with E-state index in [1.807, 2.05) is 23.9 Å². The van der Waals surface area contributed by atoms with Gasteiger partial charge >= 0.3 is 0 Å². The van der Waals surface area contributed by atoms with Crippen LogP contribution in [0.5, 0.6) is 0 Å². The van der Waals surface area contributed by atoms with Gasteiger partial charge in [-0.25, -0.2) is 4.98 Å². The van der Waals surface area contributed by atoms with Crippen LogP contribution in [0.15, 0.2) is 24.7 Å². The van der Waals surface area contributed by atoms with Crippen molar-refractivity contribution in [1.82, 2.24) is 19.7 Å². The third-order valence-corrected chi connectivity index (χ3v) is 3.77. The quantitative estimate of drug-likeness (QED) is 0.801. The van der Waals surface area contributed by atoms with Crippen LogP contribution in [0.2, 0.25) is 0 Å². The second kappa shape index (κ2) is 5.53. The first kappa shape index (κ1) is 13.0. The maximum Gasteiger partial charge on any atom is 0.188 e. The van der Waals surface area contributed by atoms with E-state index >= 15 is 0 Å². The Labute approximate surface area is 118 Å². The summed E-state index contributed by atoms with van der Waals surface area (Å²) in [6.45, 7) is 1.85. The Kier molecular flexibility index (Phi) is 3.58. The molecule has 0 bridgehead atoms. The van der Waals surface area contributed by atoms with Gasteiger partial charge in [-0.05, 0) is 25.8 Å². The predicted octanol–water partition coefficient (Wildman–Crippen LogP) is 2.52. The van der Waals surface area contributed by atoms with E-state index in [-0.39, 0.29) is 12.2 Å². The van der Waals surface area contributed by atoms with Crippen LogP contribution in [-0.4, -0.2) is 25.5 Å². The van der Waals surface area contributed by atoms with Gasteiger partial charge in [-0.3, -0.25) is 14.5 Å². The number of rotatable bonds is 4. The zero-order valence-electron chi connectivity index (χ0n) is 11.6. The number of ketones is 1. The standard InChI is InChI=1S/C15H18N4O/c1-11-9-17-14(10-16-11)15(20)8-12-6-7-19(18-12)13-4-2-3-5-13/h6-7,9-10,13H,2-5,8H2,1H3. The molecule has 0 amide bonds. The van der Waals surface area contributed by atoms with Crippen LogP contribution in [0.4, 0.5) is 0 Å². The van der Waals surface area contributed by atoms with Crippen molar-refractivity contribution in [2.75, 3.05) is 0 Å². The molecule has 2 aromatic heterocycles. The smallest absolute Gasteiger partial charge is 0.188 e. The molecule has 0 atom stereocenters. The Morgan fingerprint density at radius 2 is 2.10 bits per heavy atom. The molecule has 0 radical (unpaired) electrons. The lowest BCUT2D eigenvalue weighted by Crippen LogP contribution is -2.09. The molecule has 0 aromatic carbocycles. The van der Waals surface area contributed by atoms with E-state index in [1.165, 1.54) is 31.9 Å². The van der Waals surface area contributed by atoms with Gasteiger partial charge in [0.05, 0.1) is 30.0 Å². The largest absolute Gasteiger partial charge is 0.292 e. The van der Waals surface area contributed by atoms with Crippen molar-refractivity contribution in [3.05, 3.63) is 41.7 Å². The van der Waals surface area contributed by atoms with Crippen molar-refractivity contribution < 1.29 is 4.79 Å². The fraction of sp³-hybridized carbons (Fsp3) is 0.467. The third kappa shape index (κ3) is 2.76. The summed E-state index contributed by atoms with van der Waals surface area (Å²) in [4.78, 5) is 20.3. The van der Waals surface area contributed by atoms with Crippen LogP contribution in [0.1, 0.15) is 53.6 Å². The second-order valence-electron chi connectivity index (χ2n) is 5.37. The van der Waals surface area contributed by atoms with Crippen molar-refractivity contribution in [3.63, 3.8) is 0 Å². The van der Waals surface area contributed by atoms with E-state index in [9.17, 15) is 4.79 Å². The van der Waals surface area contributed by atoms with Crippen LogP contribution in [0, 0.1) is 6.92 Å². The SMILES string of the molecule is Cc1cnc(C(=O)Cc2ccn(C3CCCC3)n2)cn1. The summed E-state index contributed by atoms with van der Waals surface area (Å²) in [5.74, 6) is -0.0332. The van der Waals surface area contributed by atoms with Crippen molar-refractivity contribution in [2.24, 2.45) is 0 Å². The van der Waals surface area contributed by atoms with Gasteiger partial charge in [-0.15, -0.1) is 0 Å². The number of carbonyl (C=O) groups excluding carboxylic acids is 1. The van der Waals surface area contributed by atoms with Gasteiger partial charge < -0.3 is 0 Å². The Balaban J connectivity index is 1.68. The Hall–Kier alpha value is -2.04. The van der Waals surface area contributed by atoms with Gasteiger partial charge in [0.15, 0.2) is 5.78 Å². The number of nitrogens with zero attached hydrogens (tertiary/aromatic N) is 4. The molecule has 2 heterocycles. The van der Waals surface area contributed by atoms with E-state index in [4.69, 9.17) is 0 Å². The normalized spacial score (nSPS) is 15.7. The molecule has 20 heavy (non-hydrogen) atoms. The number of aryl methyl sites for hydroxylation is 1. The Morgan fingerprint density at radius 3 is 2.80 bits per heavy atom. The van der Waals surface area contributed by atoms with Gasteiger partial charge in [0.2, 0.25) is 0 Å². The van der Waals surface area contributed by atoms with Crippen LogP contribution < -0.4 is 0 Å². The molecule has 1 aliphatic carbocycles.